The molecule has 9 heteroatoms. The average Bonchev–Trinajstić information content (AvgIpc) is 3.12. The Bertz CT molecular complexity index is 1080. The second-order valence-electron chi connectivity index (χ2n) is 6.66. The summed E-state index contributed by atoms with van der Waals surface area (Å²) < 4.78 is 3.48. The van der Waals surface area contributed by atoms with Crippen LogP contribution in [-0.2, 0) is 11.8 Å². The first-order chi connectivity index (χ1) is 13.4. The molecule has 0 aliphatic carbocycles. The van der Waals surface area contributed by atoms with Crippen LogP contribution in [0.25, 0.3) is 5.69 Å². The van der Waals surface area contributed by atoms with Crippen LogP contribution in [-0.4, -0.2) is 42.3 Å². The van der Waals surface area contributed by atoms with Gasteiger partial charge in [-0.1, -0.05) is 0 Å². The minimum absolute atomic E-state index is 0.0744. The number of carbonyl (C=O) groups is 2. The molecule has 144 valence electrons. The monoisotopic (exact) mass is 397 g/mol. The molecular weight excluding hydrogens is 378 g/mol. The van der Waals surface area contributed by atoms with Gasteiger partial charge in [-0.25, -0.2) is 9.48 Å². The summed E-state index contributed by atoms with van der Waals surface area (Å²) in [6.07, 6.45) is 1.76. The molecule has 1 aliphatic heterocycles. The number of carboxylic acids is 1. The zero-order chi connectivity index (χ0) is 20.0. The summed E-state index contributed by atoms with van der Waals surface area (Å²) >= 11 is 1.55. The molecular formula is C19H19N5O3S. The highest BCUT2D eigenvalue weighted by atomic mass is 32.2. The normalized spacial score (nSPS) is 16.4. The molecule has 0 fully saturated rings. The van der Waals surface area contributed by atoms with E-state index in [-0.39, 0.29) is 16.7 Å². The molecule has 0 spiro atoms. The van der Waals surface area contributed by atoms with Crippen molar-refractivity contribution in [2.24, 2.45) is 7.05 Å². The lowest BCUT2D eigenvalue weighted by molar-refractivity contribution is -0.113. The number of thioether (sulfide) groups is 1. The maximum Gasteiger partial charge on any atom is 0.335 e. The van der Waals surface area contributed by atoms with E-state index in [9.17, 15) is 9.59 Å². The first-order valence-corrected chi connectivity index (χ1v) is 9.75. The zero-order valence-corrected chi connectivity index (χ0v) is 16.4. The van der Waals surface area contributed by atoms with Crippen molar-refractivity contribution in [3.05, 3.63) is 58.5 Å². The highest BCUT2D eigenvalue weighted by molar-refractivity contribution is 8.00. The molecule has 0 unspecified atom stereocenters. The third-order valence-corrected chi connectivity index (χ3v) is 6.16. The predicted molar refractivity (Wildman–Crippen MR) is 106 cm³/mol. The SMILES string of the molecule is Cc1nn(C)c(C)c1[C@H]1SCC(=O)Nc2c1cnn2-c1ccc(C(=O)O)cc1. The van der Waals surface area contributed by atoms with Gasteiger partial charge in [0.2, 0.25) is 5.91 Å². The van der Waals surface area contributed by atoms with E-state index in [2.05, 4.69) is 15.5 Å². The number of hydrogen-bond acceptors (Lipinski definition) is 5. The van der Waals surface area contributed by atoms with Crippen LogP contribution in [0.3, 0.4) is 0 Å². The van der Waals surface area contributed by atoms with Crippen molar-refractivity contribution >= 4 is 29.5 Å². The van der Waals surface area contributed by atoms with E-state index in [4.69, 9.17) is 5.11 Å². The Morgan fingerprint density at radius 1 is 1.29 bits per heavy atom. The number of rotatable bonds is 3. The van der Waals surface area contributed by atoms with Crippen molar-refractivity contribution in [1.82, 2.24) is 19.6 Å². The number of aryl methyl sites for hydroxylation is 2. The van der Waals surface area contributed by atoms with Gasteiger partial charge in [0.1, 0.15) is 5.82 Å². The fraction of sp³-hybridized carbons (Fsp3) is 0.263. The molecule has 3 heterocycles. The number of fused-ring (bicyclic) bond motifs is 1. The van der Waals surface area contributed by atoms with Gasteiger partial charge in [0.05, 0.1) is 34.1 Å². The van der Waals surface area contributed by atoms with Crippen LogP contribution in [0.2, 0.25) is 0 Å². The van der Waals surface area contributed by atoms with Crippen molar-refractivity contribution in [2.75, 3.05) is 11.1 Å². The van der Waals surface area contributed by atoms with E-state index in [0.717, 1.165) is 22.5 Å². The minimum Gasteiger partial charge on any atom is -0.478 e. The van der Waals surface area contributed by atoms with Gasteiger partial charge in [-0.2, -0.15) is 10.2 Å². The molecule has 2 aromatic heterocycles. The lowest BCUT2D eigenvalue weighted by Gasteiger charge is -2.15. The Hall–Kier alpha value is -3.07. The van der Waals surface area contributed by atoms with Crippen LogP contribution in [0.1, 0.15) is 38.1 Å². The summed E-state index contributed by atoms with van der Waals surface area (Å²) in [5.74, 6) is -0.161. The fourth-order valence-corrected chi connectivity index (χ4v) is 4.69. The van der Waals surface area contributed by atoms with Gasteiger partial charge in [-0.15, -0.1) is 11.8 Å². The van der Waals surface area contributed by atoms with Crippen LogP contribution in [0.15, 0.2) is 30.5 Å². The number of anilines is 1. The highest BCUT2D eigenvalue weighted by Crippen LogP contribution is 2.44. The standard InChI is InChI=1S/C19H19N5O3S/c1-10-16(11(2)23(3)22-10)17-14-8-20-24(18(14)21-15(25)9-28-17)13-6-4-12(5-7-13)19(26)27/h4-8,17H,9H2,1-3H3,(H,21,25)(H,26,27)/t17-/m0/s1. The van der Waals surface area contributed by atoms with Crippen LogP contribution in [0.4, 0.5) is 5.82 Å². The van der Waals surface area contributed by atoms with E-state index < -0.39 is 5.97 Å². The summed E-state index contributed by atoms with van der Waals surface area (Å²) in [4.78, 5) is 23.4. The van der Waals surface area contributed by atoms with E-state index in [1.807, 2.05) is 25.6 Å². The second kappa shape index (κ2) is 6.83. The summed E-state index contributed by atoms with van der Waals surface area (Å²) in [6.45, 7) is 3.99. The molecule has 4 rings (SSSR count). The number of nitrogens with zero attached hydrogens (tertiary/aromatic N) is 4. The number of nitrogens with one attached hydrogen (secondary N) is 1. The van der Waals surface area contributed by atoms with Gasteiger partial charge in [0.15, 0.2) is 0 Å². The van der Waals surface area contributed by atoms with Gasteiger partial charge in [-0.05, 0) is 38.1 Å². The quantitative estimate of drug-likeness (QED) is 0.705. The first-order valence-electron chi connectivity index (χ1n) is 8.70. The number of amides is 1. The molecule has 8 nitrogen and oxygen atoms in total. The molecule has 0 saturated heterocycles. The summed E-state index contributed by atoms with van der Waals surface area (Å²) in [7, 11) is 1.91. The lowest BCUT2D eigenvalue weighted by Crippen LogP contribution is -2.15. The number of aromatic nitrogens is 4. The van der Waals surface area contributed by atoms with Crippen LogP contribution in [0.5, 0.6) is 0 Å². The Morgan fingerprint density at radius 2 is 2.00 bits per heavy atom. The molecule has 0 bridgehead atoms. The fourth-order valence-electron chi connectivity index (χ4n) is 3.44. The van der Waals surface area contributed by atoms with Crippen molar-refractivity contribution in [1.29, 1.82) is 0 Å². The molecule has 1 atom stereocenters. The van der Waals surface area contributed by atoms with E-state index in [1.54, 1.807) is 34.8 Å². The zero-order valence-electron chi connectivity index (χ0n) is 15.6. The number of aromatic carboxylic acids is 1. The number of carboxylic acid groups (broad SMARTS) is 1. The van der Waals surface area contributed by atoms with E-state index in [0.29, 0.717) is 17.3 Å². The number of hydrogen-bond donors (Lipinski definition) is 2. The van der Waals surface area contributed by atoms with Crippen LogP contribution in [0, 0.1) is 13.8 Å². The number of benzene rings is 1. The van der Waals surface area contributed by atoms with Crippen molar-refractivity contribution in [3.8, 4) is 5.69 Å². The Kier molecular flexibility index (Phi) is 4.46. The highest BCUT2D eigenvalue weighted by Gasteiger charge is 2.31. The van der Waals surface area contributed by atoms with Crippen molar-refractivity contribution < 1.29 is 14.7 Å². The lowest BCUT2D eigenvalue weighted by atomic mass is 10.0. The topological polar surface area (TPSA) is 102 Å². The van der Waals surface area contributed by atoms with E-state index >= 15 is 0 Å². The van der Waals surface area contributed by atoms with Gasteiger partial charge in [-0.3, -0.25) is 9.48 Å². The first kappa shape index (κ1) is 18.3. The predicted octanol–water partition coefficient (Wildman–Crippen LogP) is 2.70. The van der Waals surface area contributed by atoms with Crippen LogP contribution < -0.4 is 5.32 Å². The average molecular weight is 397 g/mol. The maximum absolute atomic E-state index is 12.4. The molecule has 28 heavy (non-hydrogen) atoms. The molecule has 3 aromatic rings. The largest absolute Gasteiger partial charge is 0.478 e. The molecule has 2 N–H and O–H groups in total. The van der Waals surface area contributed by atoms with Crippen molar-refractivity contribution in [2.45, 2.75) is 19.1 Å². The third kappa shape index (κ3) is 2.97. The van der Waals surface area contributed by atoms with Gasteiger partial charge < -0.3 is 10.4 Å². The molecule has 0 radical (unpaired) electrons. The molecule has 1 aliphatic rings. The molecule has 1 aromatic carbocycles. The third-order valence-electron chi connectivity index (χ3n) is 4.90. The summed E-state index contributed by atoms with van der Waals surface area (Å²) in [5, 5.41) is 21.0. The van der Waals surface area contributed by atoms with Gasteiger partial charge in [0, 0.05) is 23.9 Å². The smallest absolute Gasteiger partial charge is 0.335 e. The second-order valence-corrected chi connectivity index (χ2v) is 7.75. The summed E-state index contributed by atoms with van der Waals surface area (Å²) in [5.41, 5.74) is 4.84. The Labute approximate surface area is 165 Å². The Morgan fingerprint density at radius 3 is 2.61 bits per heavy atom. The van der Waals surface area contributed by atoms with E-state index in [1.165, 1.54) is 12.1 Å². The summed E-state index contributed by atoms with van der Waals surface area (Å²) in [6, 6.07) is 6.39. The van der Waals surface area contributed by atoms with Crippen molar-refractivity contribution in [3.63, 3.8) is 0 Å². The Balaban J connectivity index is 1.83. The van der Waals surface area contributed by atoms with Gasteiger partial charge >= 0.3 is 5.97 Å². The molecule has 0 saturated carbocycles. The maximum atomic E-state index is 12.4. The van der Waals surface area contributed by atoms with Gasteiger partial charge in [0.25, 0.3) is 0 Å². The number of carbonyl (C=O) groups excluding carboxylic acids is 1. The van der Waals surface area contributed by atoms with Crippen LogP contribution >= 0.6 is 11.8 Å². The minimum atomic E-state index is -0.988. The molecule has 1 amide bonds.